The van der Waals surface area contributed by atoms with Crippen molar-refractivity contribution in [1.29, 1.82) is 0 Å². The molecule has 290 valence electrons. The van der Waals surface area contributed by atoms with Crippen LogP contribution in [0.2, 0.25) is 0 Å². The summed E-state index contributed by atoms with van der Waals surface area (Å²) in [7, 11) is 0. The summed E-state index contributed by atoms with van der Waals surface area (Å²) in [5.74, 6) is -2.93. The van der Waals surface area contributed by atoms with Gasteiger partial charge in [-0.25, -0.2) is 9.97 Å². The second-order valence-electron chi connectivity index (χ2n) is 13.5. The van der Waals surface area contributed by atoms with Crippen LogP contribution in [-0.2, 0) is 25.6 Å². The predicted octanol–water partition coefficient (Wildman–Crippen LogP) is 2.19. The number of fused-ring (bicyclic) bond motifs is 2. The van der Waals surface area contributed by atoms with Gasteiger partial charge < -0.3 is 31.5 Å². The molecule has 15 nitrogen and oxygen atoms in total. The van der Waals surface area contributed by atoms with Crippen LogP contribution >= 0.6 is 23.1 Å². The van der Waals surface area contributed by atoms with Gasteiger partial charge in [-0.2, -0.15) is 11.8 Å². The van der Waals surface area contributed by atoms with E-state index in [9.17, 15) is 28.8 Å². The van der Waals surface area contributed by atoms with Crippen LogP contribution in [0.1, 0.15) is 83.8 Å². The van der Waals surface area contributed by atoms with E-state index in [1.165, 1.54) is 47.3 Å². The second kappa shape index (κ2) is 20.0. The minimum atomic E-state index is -1.02. The van der Waals surface area contributed by atoms with Gasteiger partial charge in [0.2, 0.25) is 23.6 Å². The van der Waals surface area contributed by atoms with Crippen LogP contribution in [0.25, 0.3) is 0 Å². The molecule has 3 heterocycles. The van der Waals surface area contributed by atoms with E-state index in [0.29, 0.717) is 22.9 Å². The summed E-state index contributed by atoms with van der Waals surface area (Å²) in [6, 6.07) is 5.07. The third kappa shape index (κ3) is 11.8. The van der Waals surface area contributed by atoms with Crippen molar-refractivity contribution in [2.45, 2.75) is 84.1 Å². The summed E-state index contributed by atoms with van der Waals surface area (Å²) in [5.41, 5.74) is 1.56. The van der Waals surface area contributed by atoms with Gasteiger partial charge in [0.15, 0.2) is 0 Å². The Kier molecular flexibility index (Phi) is 15.5. The fourth-order valence-corrected chi connectivity index (χ4v) is 7.21. The number of aryl methyl sites for hydroxylation is 1. The van der Waals surface area contributed by atoms with E-state index in [-0.39, 0.29) is 36.7 Å². The van der Waals surface area contributed by atoms with Gasteiger partial charge in [-0.1, -0.05) is 51.1 Å². The van der Waals surface area contributed by atoms with Gasteiger partial charge in [-0.15, -0.1) is 11.3 Å². The van der Waals surface area contributed by atoms with Crippen molar-refractivity contribution in [3.63, 3.8) is 0 Å². The molecule has 3 aromatic rings. The van der Waals surface area contributed by atoms with Gasteiger partial charge in [0.25, 0.3) is 11.8 Å². The molecule has 1 aliphatic rings. The number of hydrogen-bond acceptors (Lipinski definition) is 11. The smallest absolute Gasteiger partial charge is 0.274 e. The van der Waals surface area contributed by atoms with Gasteiger partial charge in [0.1, 0.15) is 34.5 Å². The normalized spacial score (nSPS) is 22.3. The molecule has 1 aromatic carbocycles. The maximum Gasteiger partial charge on any atom is 0.274 e. The number of carbonyl (C=O) groups is 6. The number of hydrogen-bond donors (Lipinski definition) is 5. The summed E-state index contributed by atoms with van der Waals surface area (Å²) in [6.07, 6.45) is 5.49. The van der Waals surface area contributed by atoms with Crippen molar-refractivity contribution in [2.24, 2.45) is 5.92 Å². The molecule has 0 spiro atoms. The van der Waals surface area contributed by atoms with E-state index in [1.807, 2.05) is 50.4 Å². The van der Waals surface area contributed by atoms with Crippen molar-refractivity contribution in [2.75, 3.05) is 25.1 Å². The van der Waals surface area contributed by atoms with Crippen LogP contribution in [-0.4, -0.2) is 105 Å². The lowest BCUT2D eigenvalue weighted by Crippen LogP contribution is -2.58. The monoisotopic (exact) mass is 779 g/mol. The Hall–Kier alpha value is -4.90. The van der Waals surface area contributed by atoms with E-state index in [0.717, 1.165) is 5.56 Å². The third-order valence-corrected chi connectivity index (χ3v) is 10.3. The van der Waals surface area contributed by atoms with Crippen molar-refractivity contribution in [3.8, 4) is 0 Å². The Morgan fingerprint density at radius 1 is 0.944 bits per heavy atom. The van der Waals surface area contributed by atoms with Crippen molar-refractivity contribution in [1.82, 2.24) is 46.4 Å². The number of nitrogens with zero attached hydrogens (tertiary/aromatic N) is 4. The second-order valence-corrected chi connectivity index (χ2v) is 15.4. The number of nitrogens with one attached hydrogen (secondary N) is 5. The number of benzene rings is 1. The fourth-order valence-electron chi connectivity index (χ4n) is 5.72. The first kappa shape index (κ1) is 41.9. The molecule has 4 rings (SSSR count). The quantitative estimate of drug-likeness (QED) is 0.226. The fraction of sp³-hybridized carbons (Fsp3) is 0.486. The largest absolute Gasteiger partial charge is 0.349 e. The third-order valence-electron chi connectivity index (χ3n) is 8.76. The molecule has 54 heavy (non-hydrogen) atoms. The first-order chi connectivity index (χ1) is 25.8. The van der Waals surface area contributed by atoms with Crippen LogP contribution in [0.5, 0.6) is 0 Å². The summed E-state index contributed by atoms with van der Waals surface area (Å²) < 4.78 is 0. The van der Waals surface area contributed by atoms with Crippen molar-refractivity contribution >= 4 is 58.5 Å². The molecule has 17 heteroatoms. The number of thiazole rings is 1. The molecule has 0 aliphatic carbocycles. The summed E-state index contributed by atoms with van der Waals surface area (Å²) >= 11 is 2.68. The van der Waals surface area contributed by atoms with E-state index in [4.69, 9.17) is 0 Å². The zero-order chi connectivity index (χ0) is 39.4. The number of rotatable bonds is 8. The highest BCUT2D eigenvalue weighted by Crippen LogP contribution is 2.25. The van der Waals surface area contributed by atoms with Gasteiger partial charge in [0.05, 0.1) is 30.5 Å². The van der Waals surface area contributed by atoms with Gasteiger partial charge in [0, 0.05) is 18.1 Å². The SMILES string of the molecule is CC[C@@H]1NC(=O)[C@@H](C)NC(=O)c2csc(n2)[C@H](C(C)C)NC(=O)CN(C(=O)c2cnc(C)cn2)C[C@H](Cc2ccccc2)NC(=O)[C@H](CCSC)NC1=O. The molecule has 5 atom stereocenters. The number of aromatic nitrogens is 3. The zero-order valence-corrected chi connectivity index (χ0v) is 33.0. The number of amides is 6. The lowest BCUT2D eigenvalue weighted by atomic mass is 10.0. The molecule has 2 bridgehead atoms. The maximum atomic E-state index is 14.1. The summed E-state index contributed by atoms with van der Waals surface area (Å²) in [5, 5.41) is 16.2. The Labute approximate surface area is 323 Å². The minimum Gasteiger partial charge on any atom is -0.349 e. The van der Waals surface area contributed by atoms with Crippen LogP contribution in [0.3, 0.4) is 0 Å². The van der Waals surface area contributed by atoms with Gasteiger partial charge in [-0.3, -0.25) is 33.8 Å². The van der Waals surface area contributed by atoms with Crippen LogP contribution in [0.4, 0.5) is 0 Å². The number of thioether (sulfide) groups is 1. The molecular weight excluding hydrogens is 731 g/mol. The molecule has 0 unspecified atom stereocenters. The molecule has 0 radical (unpaired) electrons. The zero-order valence-electron chi connectivity index (χ0n) is 31.4. The first-order valence-electron chi connectivity index (χ1n) is 17.9. The van der Waals surface area contributed by atoms with E-state index < -0.39 is 72.2 Å². The molecule has 0 fully saturated rings. The lowest BCUT2D eigenvalue weighted by Gasteiger charge is -2.30. The van der Waals surface area contributed by atoms with E-state index in [2.05, 4.69) is 41.5 Å². The highest BCUT2D eigenvalue weighted by Gasteiger charge is 2.32. The molecule has 1 aliphatic heterocycles. The standard InChI is InChI=1S/C37H49N9O6S2/c1-7-26-33(49)43-27(13-14-53-6)34(50)41-25(15-24-11-9-8-10-12-24)18-46(37(52)28-17-38-22(4)16-39-28)19-30(47)45-31(21(2)3)36-44-29(20-54-36)35(51)40-23(5)32(48)42-26/h8-12,16-17,20-21,23,25-27,31H,7,13-15,18-19H2,1-6H3,(H,40,51)(H,41,50)(H,42,48)(H,43,49)(H,45,47)/t23-,25+,26+,27+,31+/m1/s1. The van der Waals surface area contributed by atoms with Crippen molar-refractivity contribution < 1.29 is 28.8 Å². The van der Waals surface area contributed by atoms with Gasteiger partial charge in [-0.05, 0) is 56.6 Å². The average Bonchev–Trinajstić information content (AvgIpc) is 3.64. The highest BCUT2D eigenvalue weighted by molar-refractivity contribution is 7.98. The Balaban J connectivity index is 1.77. The van der Waals surface area contributed by atoms with Crippen LogP contribution < -0.4 is 26.6 Å². The molecule has 5 N–H and O–H groups in total. The minimum absolute atomic E-state index is 0.0201. The Bertz CT molecular complexity index is 1770. The van der Waals surface area contributed by atoms with Crippen LogP contribution in [0, 0.1) is 12.8 Å². The Morgan fingerprint density at radius 2 is 1.65 bits per heavy atom. The maximum absolute atomic E-state index is 14.1. The predicted molar refractivity (Wildman–Crippen MR) is 207 cm³/mol. The van der Waals surface area contributed by atoms with E-state index in [1.54, 1.807) is 19.2 Å². The molecule has 6 amide bonds. The Morgan fingerprint density at radius 3 is 2.30 bits per heavy atom. The lowest BCUT2D eigenvalue weighted by molar-refractivity contribution is -0.132. The highest BCUT2D eigenvalue weighted by atomic mass is 32.2. The van der Waals surface area contributed by atoms with Gasteiger partial charge >= 0.3 is 0 Å². The number of carbonyl (C=O) groups excluding carboxylic acids is 6. The molecular formula is C37H49N9O6S2. The molecule has 0 saturated carbocycles. The average molecular weight is 780 g/mol. The molecule has 2 aromatic heterocycles. The molecule has 0 saturated heterocycles. The van der Waals surface area contributed by atoms with E-state index >= 15 is 0 Å². The first-order valence-corrected chi connectivity index (χ1v) is 20.1. The summed E-state index contributed by atoms with van der Waals surface area (Å²) in [4.78, 5) is 96.2. The van der Waals surface area contributed by atoms with Crippen molar-refractivity contribution in [3.05, 3.63) is 75.8 Å². The topological polar surface area (TPSA) is 204 Å². The van der Waals surface area contributed by atoms with Crippen LogP contribution in [0.15, 0.2) is 48.1 Å². The summed E-state index contributed by atoms with van der Waals surface area (Å²) in [6.45, 7) is 8.26.